The second-order valence-electron chi connectivity index (χ2n) is 4.20. The van der Waals surface area contributed by atoms with Crippen LogP contribution >= 0.6 is 0 Å². The number of benzene rings is 1. The molecule has 21 heavy (non-hydrogen) atoms. The largest absolute Gasteiger partial charge is 0.497 e. The van der Waals surface area contributed by atoms with Gasteiger partial charge in [-0.25, -0.2) is 8.42 Å². The quantitative estimate of drug-likeness (QED) is 0.824. The number of aromatic amines is 1. The number of nitrogens with zero attached hydrogens (tertiary/aromatic N) is 1. The Morgan fingerprint density at radius 3 is 2.76 bits per heavy atom. The van der Waals surface area contributed by atoms with Gasteiger partial charge in [0, 0.05) is 11.8 Å². The highest BCUT2D eigenvalue weighted by atomic mass is 32.2. The van der Waals surface area contributed by atoms with Gasteiger partial charge in [0.2, 0.25) is 9.84 Å². The van der Waals surface area contributed by atoms with E-state index in [2.05, 4.69) is 10.2 Å². The van der Waals surface area contributed by atoms with E-state index in [1.54, 1.807) is 19.2 Å². The van der Waals surface area contributed by atoms with Gasteiger partial charge in [-0.05, 0) is 24.3 Å². The Morgan fingerprint density at radius 2 is 2.14 bits per heavy atom. The molecule has 0 atom stereocenters. The number of methoxy groups -OCH3 is 2. The summed E-state index contributed by atoms with van der Waals surface area (Å²) in [6, 6.07) is 8.62. The molecule has 1 heterocycles. The van der Waals surface area contributed by atoms with Gasteiger partial charge in [-0.3, -0.25) is 5.10 Å². The first-order chi connectivity index (χ1) is 10.1. The van der Waals surface area contributed by atoms with Gasteiger partial charge in [-0.2, -0.15) is 5.10 Å². The Bertz CT molecular complexity index is 721. The highest BCUT2D eigenvalue weighted by molar-refractivity contribution is 7.91. The molecule has 0 spiro atoms. The van der Waals surface area contributed by atoms with Gasteiger partial charge < -0.3 is 9.47 Å². The lowest BCUT2D eigenvalue weighted by atomic mass is 10.2. The van der Waals surface area contributed by atoms with Gasteiger partial charge in [0.25, 0.3) is 0 Å². The zero-order chi connectivity index (χ0) is 15.3. The lowest BCUT2D eigenvalue weighted by Crippen LogP contribution is -2.06. The fourth-order valence-electron chi connectivity index (χ4n) is 1.79. The van der Waals surface area contributed by atoms with E-state index in [1.807, 2.05) is 12.1 Å². The minimum Gasteiger partial charge on any atom is -0.497 e. The maximum atomic E-state index is 12.1. The van der Waals surface area contributed by atoms with E-state index in [0.29, 0.717) is 11.5 Å². The summed E-state index contributed by atoms with van der Waals surface area (Å²) in [7, 11) is -0.416. The van der Waals surface area contributed by atoms with Gasteiger partial charge >= 0.3 is 0 Å². The normalized spacial score (nSPS) is 12.2. The number of nitrogens with one attached hydrogen (secondary N) is 1. The smallest absolute Gasteiger partial charge is 0.201 e. The fourth-order valence-corrected chi connectivity index (χ4v) is 2.79. The minimum atomic E-state index is -3.48. The van der Waals surface area contributed by atoms with E-state index >= 15 is 0 Å². The van der Waals surface area contributed by atoms with E-state index < -0.39 is 9.84 Å². The average molecular weight is 308 g/mol. The molecule has 0 aliphatic rings. The van der Waals surface area contributed by atoms with Crippen molar-refractivity contribution in [1.82, 2.24) is 10.2 Å². The highest BCUT2D eigenvalue weighted by Gasteiger charge is 2.16. The Hall–Kier alpha value is -2.28. The molecule has 0 fully saturated rings. The van der Waals surface area contributed by atoms with Crippen LogP contribution in [0.4, 0.5) is 0 Å². The molecular weight excluding hydrogens is 292 g/mol. The summed E-state index contributed by atoms with van der Waals surface area (Å²) in [5, 5.41) is 6.19. The van der Waals surface area contributed by atoms with Gasteiger partial charge in [0.1, 0.15) is 11.5 Å². The van der Waals surface area contributed by atoms with Crippen LogP contribution in [0.15, 0.2) is 47.6 Å². The number of sulfone groups is 1. The molecule has 2 aromatic rings. The molecule has 2 rings (SSSR count). The molecular formula is C14H16N2O4S. The van der Waals surface area contributed by atoms with Crippen molar-refractivity contribution in [1.29, 1.82) is 0 Å². The number of H-pyrrole nitrogens is 1. The number of hydrogen-bond acceptors (Lipinski definition) is 5. The maximum Gasteiger partial charge on any atom is 0.201 e. The van der Waals surface area contributed by atoms with Crippen LogP contribution in [0.5, 0.6) is 5.75 Å². The SMILES string of the molecule is COC(=CCS(=O)(=O)c1cc[nH]n1)c1cccc(OC)c1. The van der Waals surface area contributed by atoms with E-state index in [0.717, 1.165) is 5.56 Å². The predicted molar refractivity (Wildman–Crippen MR) is 78.6 cm³/mol. The molecule has 0 aliphatic heterocycles. The van der Waals surface area contributed by atoms with E-state index in [-0.39, 0.29) is 10.8 Å². The van der Waals surface area contributed by atoms with Crippen molar-refractivity contribution in [2.45, 2.75) is 5.03 Å². The number of hydrogen-bond donors (Lipinski definition) is 1. The third-order valence-corrected chi connectivity index (χ3v) is 4.33. The van der Waals surface area contributed by atoms with Crippen molar-refractivity contribution in [2.24, 2.45) is 0 Å². The van der Waals surface area contributed by atoms with Crippen LogP contribution in [0, 0.1) is 0 Å². The minimum absolute atomic E-state index is 0.0137. The van der Waals surface area contributed by atoms with E-state index in [1.165, 1.54) is 25.4 Å². The van der Waals surface area contributed by atoms with Gasteiger partial charge in [0.05, 0.1) is 20.0 Å². The summed E-state index contributed by atoms with van der Waals surface area (Å²) in [4.78, 5) is 0. The average Bonchev–Trinajstić information content (AvgIpc) is 3.03. The maximum absolute atomic E-state index is 12.1. The lowest BCUT2D eigenvalue weighted by Gasteiger charge is -2.08. The van der Waals surface area contributed by atoms with E-state index in [4.69, 9.17) is 9.47 Å². The monoisotopic (exact) mass is 308 g/mol. The molecule has 6 nitrogen and oxygen atoms in total. The molecule has 1 aromatic heterocycles. The van der Waals surface area contributed by atoms with Crippen molar-refractivity contribution >= 4 is 15.6 Å². The van der Waals surface area contributed by atoms with E-state index in [9.17, 15) is 8.42 Å². The summed E-state index contributed by atoms with van der Waals surface area (Å²) in [5.74, 6) is 0.941. The lowest BCUT2D eigenvalue weighted by molar-refractivity contribution is 0.368. The molecule has 0 unspecified atom stereocenters. The topological polar surface area (TPSA) is 81.3 Å². The second kappa shape index (κ2) is 6.45. The van der Waals surface area contributed by atoms with Crippen LogP contribution < -0.4 is 4.74 Å². The summed E-state index contributed by atoms with van der Waals surface area (Å²) >= 11 is 0. The van der Waals surface area contributed by atoms with Crippen LogP contribution in [0.3, 0.4) is 0 Å². The van der Waals surface area contributed by atoms with Crippen LogP contribution in [0.1, 0.15) is 5.56 Å². The number of aromatic nitrogens is 2. The second-order valence-corrected chi connectivity index (χ2v) is 6.18. The fraction of sp³-hybridized carbons (Fsp3) is 0.214. The highest BCUT2D eigenvalue weighted by Crippen LogP contribution is 2.21. The Kier molecular flexibility index (Phi) is 4.64. The Labute approximate surface area is 123 Å². The van der Waals surface area contributed by atoms with Crippen LogP contribution in [-0.2, 0) is 14.6 Å². The van der Waals surface area contributed by atoms with Crippen molar-refractivity contribution in [3.63, 3.8) is 0 Å². The van der Waals surface area contributed by atoms with Crippen molar-refractivity contribution in [3.8, 4) is 5.75 Å². The summed E-state index contributed by atoms with van der Waals surface area (Å²) in [5.41, 5.74) is 0.745. The molecule has 0 amide bonds. The Balaban J connectivity index is 2.25. The first-order valence-electron chi connectivity index (χ1n) is 6.18. The molecule has 1 N–H and O–H groups in total. The van der Waals surface area contributed by atoms with Crippen LogP contribution in [0.2, 0.25) is 0 Å². The summed E-state index contributed by atoms with van der Waals surface area (Å²) in [6.07, 6.45) is 2.98. The van der Waals surface area contributed by atoms with Crippen molar-refractivity contribution < 1.29 is 17.9 Å². The first-order valence-corrected chi connectivity index (χ1v) is 7.83. The molecule has 1 aromatic carbocycles. The molecule has 112 valence electrons. The third kappa shape index (κ3) is 3.63. The standard InChI is InChI=1S/C14H16N2O4S/c1-19-12-5-3-4-11(10-12)13(20-2)7-9-21(17,18)14-6-8-15-16-14/h3-8,10H,9H2,1-2H3,(H,15,16). The zero-order valence-electron chi connectivity index (χ0n) is 11.7. The molecule has 7 heteroatoms. The molecule has 0 aliphatic carbocycles. The molecule has 0 bridgehead atoms. The first kappa shape index (κ1) is 15.1. The molecule has 0 saturated heterocycles. The van der Waals surface area contributed by atoms with Crippen molar-refractivity contribution in [3.05, 3.63) is 48.2 Å². The van der Waals surface area contributed by atoms with Gasteiger partial charge in [-0.15, -0.1) is 0 Å². The molecule has 0 radical (unpaired) electrons. The third-order valence-electron chi connectivity index (χ3n) is 2.86. The number of ether oxygens (including phenoxy) is 2. The molecule has 0 saturated carbocycles. The zero-order valence-corrected chi connectivity index (χ0v) is 12.6. The summed E-state index contributed by atoms with van der Waals surface area (Å²) in [6.45, 7) is 0. The number of rotatable bonds is 6. The summed E-state index contributed by atoms with van der Waals surface area (Å²) < 4.78 is 34.5. The Morgan fingerprint density at radius 1 is 1.33 bits per heavy atom. The van der Waals surface area contributed by atoms with Crippen LogP contribution in [-0.4, -0.2) is 38.6 Å². The van der Waals surface area contributed by atoms with Gasteiger partial charge in [0.15, 0.2) is 5.03 Å². The van der Waals surface area contributed by atoms with Gasteiger partial charge in [-0.1, -0.05) is 12.1 Å². The van der Waals surface area contributed by atoms with Crippen LogP contribution in [0.25, 0.3) is 5.76 Å². The predicted octanol–water partition coefficient (Wildman–Crippen LogP) is 1.88. The van der Waals surface area contributed by atoms with Crippen molar-refractivity contribution in [2.75, 3.05) is 20.0 Å².